The van der Waals surface area contributed by atoms with Crippen LogP contribution in [-0.2, 0) is 9.59 Å². The van der Waals surface area contributed by atoms with E-state index >= 15 is 0 Å². The highest BCUT2D eigenvalue weighted by Crippen LogP contribution is 2.27. The number of halogens is 1. The van der Waals surface area contributed by atoms with Gasteiger partial charge in [-0.25, -0.2) is 9.29 Å². The average molecular weight is 220 g/mol. The fourth-order valence-electron chi connectivity index (χ4n) is 1.37. The van der Waals surface area contributed by atoms with E-state index in [1.807, 2.05) is 0 Å². The van der Waals surface area contributed by atoms with E-state index in [2.05, 4.69) is 5.18 Å². The van der Waals surface area contributed by atoms with E-state index in [1.54, 1.807) is 0 Å². The fourth-order valence-corrected chi connectivity index (χ4v) is 1.37. The van der Waals surface area contributed by atoms with E-state index in [1.165, 1.54) is 0 Å². The Morgan fingerprint density at radius 3 is 2.31 bits per heavy atom. The second-order valence-corrected chi connectivity index (χ2v) is 3.07. The molecule has 0 aliphatic carbocycles. The normalized spacial score (nSPS) is 14.7. The minimum Gasteiger partial charge on any atom is -0.269 e. The van der Waals surface area contributed by atoms with Crippen LogP contribution in [0, 0.1) is 10.7 Å². The molecule has 0 unspecified atom stereocenters. The summed E-state index contributed by atoms with van der Waals surface area (Å²) in [5, 5.41) is 2.61. The third-order valence-corrected chi connectivity index (χ3v) is 2.09. The number of amides is 2. The Balaban J connectivity index is 2.51. The van der Waals surface area contributed by atoms with Gasteiger partial charge < -0.3 is 0 Å². The van der Waals surface area contributed by atoms with Crippen LogP contribution < -0.4 is 4.90 Å². The van der Waals surface area contributed by atoms with Crippen molar-refractivity contribution in [3.63, 3.8) is 0 Å². The van der Waals surface area contributed by atoms with Crippen molar-refractivity contribution < 1.29 is 14.0 Å². The van der Waals surface area contributed by atoms with Crippen molar-refractivity contribution >= 4 is 23.2 Å². The van der Waals surface area contributed by atoms with Gasteiger partial charge in [-0.1, -0.05) is 0 Å². The number of nitroso groups, excluding NO2 is 1. The third kappa shape index (κ3) is 1.50. The predicted molar refractivity (Wildman–Crippen MR) is 53.5 cm³/mol. The Labute approximate surface area is 89.1 Å². The summed E-state index contributed by atoms with van der Waals surface area (Å²) in [5.74, 6) is -2.06. The molecule has 0 saturated heterocycles. The van der Waals surface area contributed by atoms with E-state index in [4.69, 9.17) is 0 Å². The number of hydrogen-bond donors (Lipinski definition) is 0. The minimum atomic E-state index is -0.766. The number of hydrogen-bond acceptors (Lipinski definition) is 4. The second-order valence-electron chi connectivity index (χ2n) is 3.07. The molecular weight excluding hydrogens is 215 g/mol. The van der Waals surface area contributed by atoms with E-state index in [0.29, 0.717) is 4.90 Å². The first kappa shape index (κ1) is 10.2. The minimum absolute atomic E-state index is 0.0519. The monoisotopic (exact) mass is 220 g/mol. The Kier molecular flexibility index (Phi) is 2.32. The lowest BCUT2D eigenvalue weighted by atomic mass is 10.2. The molecule has 0 radical (unpaired) electrons. The number of benzene rings is 1. The Morgan fingerprint density at radius 1 is 1.12 bits per heavy atom. The van der Waals surface area contributed by atoms with Gasteiger partial charge in [-0.3, -0.25) is 9.59 Å². The van der Waals surface area contributed by atoms with Gasteiger partial charge in [0.2, 0.25) is 0 Å². The van der Waals surface area contributed by atoms with Crippen LogP contribution in [0.4, 0.5) is 15.8 Å². The first-order valence-corrected chi connectivity index (χ1v) is 4.32. The van der Waals surface area contributed by atoms with Crippen LogP contribution in [0.2, 0.25) is 0 Å². The molecule has 0 bridgehead atoms. The maximum absolute atomic E-state index is 13.4. The molecule has 2 rings (SSSR count). The number of nitrogens with zero attached hydrogens (tertiary/aromatic N) is 2. The van der Waals surface area contributed by atoms with Crippen molar-refractivity contribution in [3.8, 4) is 0 Å². The molecule has 80 valence electrons. The van der Waals surface area contributed by atoms with Crippen LogP contribution in [0.3, 0.4) is 0 Å². The highest BCUT2D eigenvalue weighted by Gasteiger charge is 2.27. The summed E-state index contributed by atoms with van der Waals surface area (Å²) in [5.41, 5.74) is -0.319. The zero-order chi connectivity index (χ0) is 11.7. The number of rotatable bonds is 2. The van der Waals surface area contributed by atoms with Crippen molar-refractivity contribution in [1.82, 2.24) is 0 Å². The maximum atomic E-state index is 13.4. The van der Waals surface area contributed by atoms with Crippen LogP contribution in [0.1, 0.15) is 0 Å². The van der Waals surface area contributed by atoms with E-state index in [9.17, 15) is 18.9 Å². The number of carbonyl (C=O) groups excluding carboxylic acids is 2. The highest BCUT2D eigenvalue weighted by molar-refractivity contribution is 6.28. The Morgan fingerprint density at radius 2 is 1.75 bits per heavy atom. The van der Waals surface area contributed by atoms with Gasteiger partial charge in [-0.05, 0) is 23.4 Å². The van der Waals surface area contributed by atoms with Crippen molar-refractivity contribution in [2.24, 2.45) is 5.18 Å². The summed E-state index contributed by atoms with van der Waals surface area (Å²) in [6.45, 7) is 0. The van der Waals surface area contributed by atoms with E-state index in [-0.39, 0.29) is 11.4 Å². The summed E-state index contributed by atoms with van der Waals surface area (Å²) in [6.07, 6.45) is 2.06. The smallest absolute Gasteiger partial charge is 0.258 e. The zero-order valence-corrected chi connectivity index (χ0v) is 7.88. The van der Waals surface area contributed by atoms with Crippen LogP contribution in [-0.4, -0.2) is 11.8 Å². The number of imide groups is 1. The van der Waals surface area contributed by atoms with Gasteiger partial charge in [0.1, 0.15) is 11.5 Å². The largest absolute Gasteiger partial charge is 0.269 e. The van der Waals surface area contributed by atoms with Crippen LogP contribution in [0.5, 0.6) is 0 Å². The molecule has 0 aromatic heterocycles. The molecule has 0 N–H and O–H groups in total. The first-order valence-electron chi connectivity index (χ1n) is 4.32. The molecule has 0 saturated carbocycles. The van der Waals surface area contributed by atoms with Gasteiger partial charge in [-0.2, -0.15) is 0 Å². The summed E-state index contributed by atoms with van der Waals surface area (Å²) < 4.78 is 13.4. The average Bonchev–Trinajstić information content (AvgIpc) is 2.60. The summed E-state index contributed by atoms with van der Waals surface area (Å²) >= 11 is 0. The molecule has 0 fully saturated rings. The van der Waals surface area contributed by atoms with Gasteiger partial charge >= 0.3 is 0 Å². The maximum Gasteiger partial charge on any atom is 0.258 e. The standard InChI is InChI=1S/C10H5FN2O3/c11-7-2-1-6(12-16)5-8(7)13-9(14)3-4-10(13)15/h1-5H. The quantitative estimate of drug-likeness (QED) is 0.562. The van der Waals surface area contributed by atoms with Gasteiger partial charge in [0.05, 0.1) is 5.69 Å². The van der Waals surface area contributed by atoms with Crippen LogP contribution >= 0.6 is 0 Å². The van der Waals surface area contributed by atoms with Crippen LogP contribution in [0.25, 0.3) is 0 Å². The molecule has 6 heteroatoms. The molecule has 1 aliphatic heterocycles. The predicted octanol–water partition coefficient (Wildman–Crippen LogP) is 1.65. The molecule has 0 spiro atoms. The summed E-state index contributed by atoms with van der Waals surface area (Å²) in [6, 6.07) is 3.18. The number of carbonyl (C=O) groups is 2. The lowest BCUT2D eigenvalue weighted by molar-refractivity contribution is -0.120. The van der Waals surface area contributed by atoms with Crippen molar-refractivity contribution in [2.75, 3.05) is 4.90 Å². The summed E-state index contributed by atoms with van der Waals surface area (Å²) in [7, 11) is 0. The zero-order valence-electron chi connectivity index (χ0n) is 7.88. The fraction of sp³-hybridized carbons (Fsp3) is 0. The van der Waals surface area contributed by atoms with Crippen molar-refractivity contribution in [2.45, 2.75) is 0 Å². The van der Waals surface area contributed by atoms with E-state index in [0.717, 1.165) is 30.4 Å². The second kappa shape index (κ2) is 3.65. The molecule has 1 heterocycles. The lowest BCUT2D eigenvalue weighted by Gasteiger charge is -2.14. The van der Waals surface area contributed by atoms with Gasteiger partial charge in [0.15, 0.2) is 0 Å². The van der Waals surface area contributed by atoms with Gasteiger partial charge in [0.25, 0.3) is 11.8 Å². The Bertz CT molecular complexity index is 507. The molecule has 1 aliphatic rings. The highest BCUT2D eigenvalue weighted by atomic mass is 19.1. The molecular formula is C10H5FN2O3. The molecule has 16 heavy (non-hydrogen) atoms. The summed E-state index contributed by atoms with van der Waals surface area (Å²) in [4.78, 5) is 33.5. The van der Waals surface area contributed by atoms with Crippen LogP contribution in [0.15, 0.2) is 35.5 Å². The Hall–Kier alpha value is -2.37. The molecule has 0 atom stereocenters. The van der Waals surface area contributed by atoms with Gasteiger partial charge in [0, 0.05) is 12.2 Å². The van der Waals surface area contributed by atoms with E-state index < -0.39 is 17.6 Å². The number of anilines is 1. The SMILES string of the molecule is O=Nc1ccc(F)c(N2C(=O)C=CC2=O)c1. The molecule has 1 aromatic rings. The first-order chi connectivity index (χ1) is 7.63. The van der Waals surface area contributed by atoms with Gasteiger partial charge in [-0.15, -0.1) is 4.91 Å². The van der Waals surface area contributed by atoms with Crippen molar-refractivity contribution in [3.05, 3.63) is 41.1 Å². The third-order valence-electron chi connectivity index (χ3n) is 2.09. The topological polar surface area (TPSA) is 66.8 Å². The molecule has 2 amide bonds. The molecule has 5 nitrogen and oxygen atoms in total. The lowest BCUT2D eigenvalue weighted by Crippen LogP contribution is -2.30. The molecule has 1 aromatic carbocycles. The van der Waals surface area contributed by atoms with Crippen molar-refractivity contribution in [1.29, 1.82) is 0 Å².